The van der Waals surface area contributed by atoms with Gasteiger partial charge < -0.3 is 9.80 Å². The maximum atomic E-state index is 2.23. The smallest absolute Gasteiger partial charge is 0.0963 e. The second kappa shape index (κ2) is 2.58. The lowest BCUT2D eigenvalue weighted by Gasteiger charge is -2.15. The molecule has 1 aromatic heterocycles. The van der Waals surface area contributed by atoms with Crippen molar-refractivity contribution in [3.8, 4) is 0 Å². The first-order chi connectivity index (χ1) is 5.36. The van der Waals surface area contributed by atoms with Crippen molar-refractivity contribution in [3.63, 3.8) is 0 Å². The predicted molar refractivity (Wildman–Crippen MR) is 48.6 cm³/mol. The number of anilines is 1. The molecular formula is C8H10N2S. The van der Waals surface area contributed by atoms with Gasteiger partial charge in [0.25, 0.3) is 0 Å². The third-order valence-electron chi connectivity index (χ3n) is 1.67. The molecule has 0 spiro atoms. The molecule has 0 bridgehead atoms. The lowest BCUT2D eigenvalue weighted by atomic mass is 10.6. The maximum absolute atomic E-state index is 2.23. The topological polar surface area (TPSA) is 6.48 Å². The van der Waals surface area contributed by atoms with Crippen LogP contribution in [-0.2, 0) is 0 Å². The highest BCUT2D eigenvalue weighted by atomic mass is 32.1. The Kier molecular flexibility index (Phi) is 1.58. The first kappa shape index (κ1) is 6.73. The highest BCUT2D eigenvalue weighted by Crippen LogP contribution is 2.23. The molecule has 0 amide bonds. The lowest BCUT2D eigenvalue weighted by molar-refractivity contribution is 0.496. The van der Waals surface area contributed by atoms with Gasteiger partial charge in [0.2, 0.25) is 0 Å². The Morgan fingerprint density at radius 3 is 2.91 bits per heavy atom. The molecule has 11 heavy (non-hydrogen) atoms. The number of rotatable bonds is 1. The van der Waals surface area contributed by atoms with Gasteiger partial charge in [-0.05, 0) is 17.5 Å². The molecular weight excluding hydrogens is 156 g/mol. The summed E-state index contributed by atoms with van der Waals surface area (Å²) < 4.78 is 0. The van der Waals surface area contributed by atoms with Gasteiger partial charge in [-0.2, -0.15) is 0 Å². The van der Waals surface area contributed by atoms with Crippen molar-refractivity contribution in [2.75, 3.05) is 18.6 Å². The molecule has 1 aliphatic heterocycles. The monoisotopic (exact) mass is 166 g/mol. The van der Waals surface area contributed by atoms with Crippen LogP contribution in [0.5, 0.6) is 0 Å². The zero-order valence-corrected chi connectivity index (χ0v) is 7.21. The molecule has 58 valence electrons. The molecule has 0 radical (unpaired) electrons. The van der Waals surface area contributed by atoms with Crippen molar-refractivity contribution in [1.82, 2.24) is 4.90 Å². The quantitative estimate of drug-likeness (QED) is 0.629. The minimum atomic E-state index is 0.973. The summed E-state index contributed by atoms with van der Waals surface area (Å²) in [7, 11) is 2.07. The largest absolute Gasteiger partial charge is 0.361 e. The summed E-state index contributed by atoms with van der Waals surface area (Å²) in [5.41, 5.74) is 0. The van der Waals surface area contributed by atoms with Gasteiger partial charge in [0, 0.05) is 19.4 Å². The van der Waals surface area contributed by atoms with Crippen LogP contribution in [0.2, 0.25) is 0 Å². The average molecular weight is 166 g/mol. The molecule has 3 heteroatoms. The molecule has 1 aliphatic rings. The van der Waals surface area contributed by atoms with Crippen LogP contribution in [0, 0.1) is 0 Å². The van der Waals surface area contributed by atoms with E-state index in [4.69, 9.17) is 0 Å². The van der Waals surface area contributed by atoms with E-state index in [1.807, 2.05) is 0 Å². The van der Waals surface area contributed by atoms with Crippen LogP contribution < -0.4 is 4.90 Å². The van der Waals surface area contributed by atoms with E-state index in [2.05, 4.69) is 46.8 Å². The van der Waals surface area contributed by atoms with Gasteiger partial charge in [-0.15, -0.1) is 11.3 Å². The summed E-state index contributed by atoms with van der Waals surface area (Å²) in [6.07, 6.45) is 4.19. The van der Waals surface area contributed by atoms with Crippen molar-refractivity contribution in [2.24, 2.45) is 0 Å². The van der Waals surface area contributed by atoms with Crippen LogP contribution >= 0.6 is 11.3 Å². The van der Waals surface area contributed by atoms with E-state index in [9.17, 15) is 0 Å². The molecule has 0 N–H and O–H groups in total. The number of nitrogens with zero attached hydrogens (tertiary/aromatic N) is 2. The van der Waals surface area contributed by atoms with Crippen molar-refractivity contribution >= 4 is 16.3 Å². The van der Waals surface area contributed by atoms with Crippen LogP contribution in [0.25, 0.3) is 0 Å². The van der Waals surface area contributed by atoms with Crippen molar-refractivity contribution < 1.29 is 0 Å². The third kappa shape index (κ3) is 1.24. The Balaban J connectivity index is 2.15. The molecule has 0 atom stereocenters. The van der Waals surface area contributed by atoms with Crippen molar-refractivity contribution in [2.45, 2.75) is 0 Å². The summed E-state index contributed by atoms with van der Waals surface area (Å²) in [5.74, 6) is 0. The van der Waals surface area contributed by atoms with E-state index in [1.54, 1.807) is 11.3 Å². The summed E-state index contributed by atoms with van der Waals surface area (Å²) >= 11 is 1.77. The predicted octanol–water partition coefficient (Wildman–Crippen LogP) is 1.93. The number of hydrogen-bond acceptors (Lipinski definition) is 3. The van der Waals surface area contributed by atoms with Crippen LogP contribution in [-0.4, -0.2) is 18.6 Å². The fourth-order valence-electron chi connectivity index (χ4n) is 1.11. The van der Waals surface area contributed by atoms with Gasteiger partial charge in [-0.25, -0.2) is 0 Å². The van der Waals surface area contributed by atoms with E-state index in [1.165, 1.54) is 5.00 Å². The van der Waals surface area contributed by atoms with Gasteiger partial charge in [0.1, 0.15) is 0 Å². The molecule has 2 rings (SSSR count). The molecule has 0 saturated carbocycles. The van der Waals surface area contributed by atoms with E-state index < -0.39 is 0 Å². The zero-order valence-electron chi connectivity index (χ0n) is 6.40. The molecule has 2 heterocycles. The Bertz CT molecular complexity index is 253. The van der Waals surface area contributed by atoms with E-state index in [0.717, 1.165) is 6.67 Å². The summed E-state index contributed by atoms with van der Waals surface area (Å²) in [5, 5.41) is 3.41. The summed E-state index contributed by atoms with van der Waals surface area (Å²) in [6.45, 7) is 0.973. The maximum Gasteiger partial charge on any atom is 0.0963 e. The Hall–Kier alpha value is -0.960. The molecule has 2 nitrogen and oxygen atoms in total. The molecule has 0 unspecified atom stereocenters. The Morgan fingerprint density at radius 2 is 2.36 bits per heavy atom. The van der Waals surface area contributed by atoms with Crippen LogP contribution in [0.15, 0.2) is 29.9 Å². The number of hydrogen-bond donors (Lipinski definition) is 0. The normalized spacial score (nSPS) is 16.5. The molecule has 0 saturated heterocycles. The van der Waals surface area contributed by atoms with Crippen molar-refractivity contribution in [3.05, 3.63) is 29.9 Å². The van der Waals surface area contributed by atoms with Crippen LogP contribution in [0.1, 0.15) is 0 Å². The lowest BCUT2D eigenvalue weighted by Crippen LogP contribution is -2.20. The van der Waals surface area contributed by atoms with Crippen LogP contribution in [0.3, 0.4) is 0 Å². The Labute approximate surface area is 70.4 Å². The standard InChI is InChI=1S/C8H10N2S/c1-9-4-5-10(7-9)8-3-2-6-11-8/h2-6H,7H2,1H3. The fourth-order valence-corrected chi connectivity index (χ4v) is 1.81. The summed E-state index contributed by atoms with van der Waals surface area (Å²) in [6, 6.07) is 4.21. The second-order valence-corrected chi connectivity index (χ2v) is 3.54. The minimum absolute atomic E-state index is 0.973. The SMILES string of the molecule is CN1C=CN(c2cccs2)C1. The van der Waals surface area contributed by atoms with Gasteiger partial charge in [0.15, 0.2) is 0 Å². The minimum Gasteiger partial charge on any atom is -0.361 e. The van der Waals surface area contributed by atoms with Gasteiger partial charge >= 0.3 is 0 Å². The molecule has 0 fully saturated rings. The highest BCUT2D eigenvalue weighted by molar-refractivity contribution is 7.14. The van der Waals surface area contributed by atoms with Gasteiger partial charge in [-0.1, -0.05) is 0 Å². The highest BCUT2D eigenvalue weighted by Gasteiger charge is 2.09. The molecule has 1 aromatic rings. The first-order valence-corrected chi connectivity index (χ1v) is 4.43. The van der Waals surface area contributed by atoms with E-state index >= 15 is 0 Å². The van der Waals surface area contributed by atoms with Gasteiger partial charge in [-0.3, -0.25) is 0 Å². The second-order valence-electron chi connectivity index (χ2n) is 2.62. The summed E-state index contributed by atoms with van der Waals surface area (Å²) in [4.78, 5) is 4.38. The molecule has 0 aliphatic carbocycles. The first-order valence-electron chi connectivity index (χ1n) is 3.55. The average Bonchev–Trinajstić information content (AvgIpc) is 2.55. The van der Waals surface area contributed by atoms with E-state index in [0.29, 0.717) is 0 Å². The third-order valence-corrected chi connectivity index (χ3v) is 2.57. The number of thiophene rings is 1. The molecule has 0 aromatic carbocycles. The van der Waals surface area contributed by atoms with Gasteiger partial charge in [0.05, 0.1) is 11.7 Å². The van der Waals surface area contributed by atoms with Crippen LogP contribution in [0.4, 0.5) is 5.00 Å². The zero-order chi connectivity index (χ0) is 7.68. The fraction of sp³-hybridized carbons (Fsp3) is 0.250. The van der Waals surface area contributed by atoms with Crippen molar-refractivity contribution in [1.29, 1.82) is 0 Å². The van der Waals surface area contributed by atoms with E-state index in [-0.39, 0.29) is 0 Å². The Morgan fingerprint density at radius 1 is 1.45 bits per heavy atom.